The van der Waals surface area contributed by atoms with Gasteiger partial charge in [0.05, 0.1) is 36.0 Å². The van der Waals surface area contributed by atoms with Gasteiger partial charge in [0.25, 0.3) is 5.79 Å². The normalized spacial score (nSPS) is 22.3. The predicted octanol–water partition coefficient (Wildman–Crippen LogP) is 5.00. The minimum atomic E-state index is -1.24. The largest absolute Gasteiger partial charge is 0.477 e. The molecule has 3 aliphatic heterocycles. The molecule has 0 unspecified atom stereocenters. The van der Waals surface area contributed by atoms with E-state index in [1.54, 1.807) is 19.1 Å². The number of fused-ring (bicyclic) bond motifs is 2. The highest BCUT2D eigenvalue weighted by molar-refractivity contribution is 7.20. The van der Waals surface area contributed by atoms with Crippen LogP contribution in [-0.2, 0) is 23.6 Å². The number of anilines is 1. The first-order chi connectivity index (χ1) is 19.8. The fraction of sp³-hybridized carbons (Fsp3) is 0.400. The molecule has 0 spiro atoms. The molecule has 2 aromatic carbocycles. The van der Waals surface area contributed by atoms with E-state index in [1.165, 1.54) is 17.4 Å². The highest BCUT2D eigenvalue weighted by atomic mass is 32.1. The maximum absolute atomic E-state index is 14.9. The molecule has 0 bridgehead atoms. The van der Waals surface area contributed by atoms with Gasteiger partial charge in [-0.05, 0) is 49.2 Å². The molecule has 4 aromatic rings. The summed E-state index contributed by atoms with van der Waals surface area (Å²) >= 11 is 1.22. The fourth-order valence-electron chi connectivity index (χ4n) is 5.83. The summed E-state index contributed by atoms with van der Waals surface area (Å²) in [5.74, 6) is -0.352. The van der Waals surface area contributed by atoms with Crippen molar-refractivity contribution in [2.24, 2.45) is 0 Å². The summed E-state index contributed by atoms with van der Waals surface area (Å²) in [6.07, 6.45) is 1.13. The SMILES string of the molecule is Cc1ccc([C@]2(C)Oc3cccc(N4CCN(Cc5nc6sc(C(=O)O)cc6n5C[C@@H]5CCO5)CC4)c3O2)c(F)c1. The Hall–Kier alpha value is -3.67. The average molecular weight is 579 g/mol. The van der Waals surface area contributed by atoms with E-state index in [-0.39, 0.29) is 11.9 Å². The molecular formula is C30H31FN4O5S. The summed E-state index contributed by atoms with van der Waals surface area (Å²) in [7, 11) is 0. The van der Waals surface area contributed by atoms with Crippen molar-refractivity contribution in [3.05, 3.63) is 70.1 Å². The second-order valence-corrected chi connectivity index (χ2v) is 12.1. The van der Waals surface area contributed by atoms with Gasteiger partial charge in [-0.2, -0.15) is 0 Å². The molecule has 11 heteroatoms. The van der Waals surface area contributed by atoms with E-state index in [9.17, 15) is 14.3 Å². The van der Waals surface area contributed by atoms with Crippen molar-refractivity contribution >= 4 is 33.3 Å². The maximum atomic E-state index is 14.9. The Morgan fingerprint density at radius 1 is 1.17 bits per heavy atom. The second kappa shape index (κ2) is 10.0. The third kappa shape index (κ3) is 4.71. The van der Waals surface area contributed by atoms with Gasteiger partial charge in [0.15, 0.2) is 11.5 Å². The molecule has 1 N–H and O–H groups in total. The molecule has 214 valence electrons. The number of carboxylic acids is 1. The van der Waals surface area contributed by atoms with Crippen LogP contribution in [0.4, 0.5) is 10.1 Å². The Balaban J connectivity index is 1.07. The molecule has 2 atom stereocenters. The number of imidazole rings is 1. The zero-order chi connectivity index (χ0) is 28.3. The fourth-order valence-corrected chi connectivity index (χ4v) is 6.72. The number of carbonyl (C=O) groups is 1. The Morgan fingerprint density at radius 3 is 2.68 bits per heavy atom. The third-order valence-corrected chi connectivity index (χ3v) is 9.17. The molecule has 0 saturated carbocycles. The van der Waals surface area contributed by atoms with E-state index in [0.717, 1.165) is 66.6 Å². The van der Waals surface area contributed by atoms with Crippen LogP contribution in [-0.4, -0.2) is 64.4 Å². The topological polar surface area (TPSA) is 89.3 Å². The summed E-state index contributed by atoms with van der Waals surface area (Å²) < 4.78 is 35.2. The first-order valence-electron chi connectivity index (χ1n) is 13.9. The number of aromatic carboxylic acids is 1. The van der Waals surface area contributed by atoms with E-state index in [1.807, 2.05) is 31.2 Å². The molecule has 0 aliphatic carbocycles. The van der Waals surface area contributed by atoms with Crippen LogP contribution in [0.5, 0.6) is 11.5 Å². The second-order valence-electron chi connectivity index (χ2n) is 11.0. The molecule has 0 amide bonds. The smallest absolute Gasteiger partial charge is 0.346 e. The molecule has 3 aliphatic rings. The van der Waals surface area contributed by atoms with Crippen molar-refractivity contribution in [1.29, 1.82) is 0 Å². The van der Waals surface area contributed by atoms with Gasteiger partial charge < -0.3 is 28.8 Å². The van der Waals surface area contributed by atoms with E-state index in [2.05, 4.69) is 14.4 Å². The van der Waals surface area contributed by atoms with Crippen LogP contribution >= 0.6 is 11.3 Å². The Bertz CT molecular complexity index is 1640. The lowest BCUT2D eigenvalue weighted by Gasteiger charge is -2.36. The Morgan fingerprint density at radius 2 is 1.98 bits per heavy atom. The van der Waals surface area contributed by atoms with Crippen LogP contribution in [0.3, 0.4) is 0 Å². The number of nitrogens with zero attached hydrogens (tertiary/aromatic N) is 4. The van der Waals surface area contributed by atoms with E-state index in [4.69, 9.17) is 19.2 Å². The first-order valence-corrected chi connectivity index (χ1v) is 14.7. The quantitative estimate of drug-likeness (QED) is 0.328. The standard InChI is InChI=1S/C30H31FN4O5S/c1-18-6-7-20(21(31)14-18)30(2)39-24-5-3-4-22(27(24)40-30)34-11-9-33(10-12-34)17-26-32-28-23(15-25(41-28)29(36)37)35(26)16-19-8-13-38-19/h3-7,14-15,19H,8-13,16-17H2,1-2H3,(H,36,37)/t19-,30+/m0/s1. The van der Waals surface area contributed by atoms with Gasteiger partial charge in [-0.15, -0.1) is 11.3 Å². The van der Waals surface area contributed by atoms with Crippen LogP contribution < -0.4 is 14.4 Å². The first kappa shape index (κ1) is 26.2. The third-order valence-electron chi connectivity index (χ3n) is 8.17. The number of hydrogen-bond donors (Lipinski definition) is 1. The number of halogens is 1. The van der Waals surface area contributed by atoms with Crippen molar-refractivity contribution in [2.75, 3.05) is 37.7 Å². The van der Waals surface area contributed by atoms with E-state index >= 15 is 0 Å². The summed E-state index contributed by atoms with van der Waals surface area (Å²) in [5, 5.41) is 9.45. The number of para-hydroxylation sites is 1. The number of aromatic nitrogens is 2. The number of aryl methyl sites for hydroxylation is 1. The molecule has 0 radical (unpaired) electrons. The monoisotopic (exact) mass is 578 g/mol. The highest BCUT2D eigenvalue weighted by Crippen LogP contribution is 2.49. The zero-order valence-electron chi connectivity index (χ0n) is 22.9. The minimum absolute atomic E-state index is 0.137. The predicted molar refractivity (Wildman–Crippen MR) is 153 cm³/mol. The number of hydrogen-bond acceptors (Lipinski definition) is 8. The molecule has 41 heavy (non-hydrogen) atoms. The van der Waals surface area contributed by atoms with Crippen molar-refractivity contribution in [3.8, 4) is 11.5 Å². The van der Waals surface area contributed by atoms with Crippen molar-refractivity contribution in [1.82, 2.24) is 14.5 Å². The van der Waals surface area contributed by atoms with Crippen molar-refractivity contribution in [2.45, 2.75) is 45.2 Å². The Kier molecular flexibility index (Phi) is 6.40. The molecule has 5 heterocycles. The number of piperazine rings is 1. The summed E-state index contributed by atoms with van der Waals surface area (Å²) in [6.45, 7) is 8.90. The molecule has 2 aromatic heterocycles. The minimum Gasteiger partial charge on any atom is -0.477 e. The zero-order valence-corrected chi connectivity index (χ0v) is 23.7. The van der Waals surface area contributed by atoms with Crippen LogP contribution in [0.1, 0.15) is 40.0 Å². The molecule has 9 nitrogen and oxygen atoms in total. The number of ether oxygens (including phenoxy) is 3. The van der Waals surface area contributed by atoms with Gasteiger partial charge >= 0.3 is 5.97 Å². The molecule has 2 saturated heterocycles. The number of benzene rings is 2. The number of carboxylic acid groups (broad SMARTS) is 1. The lowest BCUT2D eigenvalue weighted by Crippen LogP contribution is -2.46. The number of thiophene rings is 1. The average Bonchev–Trinajstić information content (AvgIpc) is 3.57. The lowest BCUT2D eigenvalue weighted by molar-refractivity contribution is -0.0705. The van der Waals surface area contributed by atoms with Gasteiger partial charge in [0.1, 0.15) is 21.3 Å². The van der Waals surface area contributed by atoms with Crippen LogP contribution in [0.25, 0.3) is 10.3 Å². The van der Waals surface area contributed by atoms with E-state index in [0.29, 0.717) is 35.0 Å². The summed E-state index contributed by atoms with van der Waals surface area (Å²) in [5.41, 5.74) is 3.01. The molecular weight excluding hydrogens is 547 g/mol. The van der Waals surface area contributed by atoms with Gasteiger partial charge in [0, 0.05) is 39.7 Å². The van der Waals surface area contributed by atoms with Crippen LogP contribution in [0, 0.1) is 12.7 Å². The van der Waals surface area contributed by atoms with Crippen molar-refractivity contribution in [3.63, 3.8) is 0 Å². The highest BCUT2D eigenvalue weighted by Gasteiger charge is 2.42. The lowest BCUT2D eigenvalue weighted by atomic mass is 10.0. The number of rotatable bonds is 7. The van der Waals surface area contributed by atoms with Gasteiger partial charge in [-0.1, -0.05) is 12.1 Å². The maximum Gasteiger partial charge on any atom is 0.346 e. The van der Waals surface area contributed by atoms with Crippen molar-refractivity contribution < 1.29 is 28.5 Å². The van der Waals surface area contributed by atoms with Gasteiger partial charge in [-0.25, -0.2) is 14.2 Å². The van der Waals surface area contributed by atoms with E-state index < -0.39 is 11.8 Å². The summed E-state index contributed by atoms with van der Waals surface area (Å²) in [6, 6.07) is 12.6. The molecule has 2 fully saturated rings. The van der Waals surface area contributed by atoms with Crippen LogP contribution in [0.2, 0.25) is 0 Å². The summed E-state index contributed by atoms with van der Waals surface area (Å²) in [4.78, 5) is 22.1. The Labute approximate surface area is 240 Å². The molecule has 7 rings (SSSR count). The van der Waals surface area contributed by atoms with Crippen LogP contribution in [0.15, 0.2) is 42.5 Å². The van der Waals surface area contributed by atoms with Gasteiger partial charge in [0.2, 0.25) is 0 Å². The van der Waals surface area contributed by atoms with Gasteiger partial charge in [-0.3, -0.25) is 4.90 Å².